The number of hydrogen-bond donors (Lipinski definition) is 2. The summed E-state index contributed by atoms with van der Waals surface area (Å²) >= 11 is 6.29. The van der Waals surface area contributed by atoms with Gasteiger partial charge in [-0.25, -0.2) is 4.39 Å². The molecule has 38 heavy (non-hydrogen) atoms. The van der Waals surface area contributed by atoms with Crippen LogP contribution in [0.15, 0.2) is 35.3 Å². The first-order valence-corrected chi connectivity index (χ1v) is 13.6. The molecular weight excluding hydrogens is 509 g/mol. The molecule has 0 aliphatic carbocycles. The molecule has 3 N–H and O–H groups in total. The maximum Gasteiger partial charge on any atom is 0.256 e. The lowest BCUT2D eigenvalue weighted by atomic mass is 10.1. The SMILES string of the molecule is CCN(CC)CCCCNC(=O)c1cn2c3c(c(N4CCC(N)C4)c(F)cc3c1=O)Oc1ccc(Cl)cc1-2. The molecule has 0 bridgehead atoms. The predicted molar refractivity (Wildman–Crippen MR) is 149 cm³/mol. The third kappa shape index (κ3) is 4.86. The molecule has 8 nitrogen and oxygen atoms in total. The van der Waals surface area contributed by atoms with E-state index < -0.39 is 17.2 Å². The standard InChI is InChI=1S/C28H33ClFN5O3/c1-3-33(4-2)11-6-5-10-32-28(37)20-16-35-22-13-17(29)7-8-23(22)38-27-24(35)19(26(20)36)14-21(30)25(27)34-12-9-18(31)15-34/h7-8,13-14,16,18H,3-6,9-12,15,31H2,1-2H3,(H,32,37). The number of nitrogens with one attached hydrogen (secondary N) is 1. The summed E-state index contributed by atoms with van der Waals surface area (Å²) in [5.41, 5.74) is 6.73. The minimum atomic E-state index is -0.586. The zero-order valence-electron chi connectivity index (χ0n) is 21.7. The Morgan fingerprint density at radius 1 is 1.26 bits per heavy atom. The quantitative estimate of drug-likeness (QED) is 0.307. The number of carbonyl (C=O) groups is 1. The Kier molecular flexibility index (Phi) is 7.61. The third-order valence-electron chi connectivity index (χ3n) is 7.43. The van der Waals surface area contributed by atoms with Crippen LogP contribution in [0.25, 0.3) is 16.6 Å². The number of benzene rings is 2. The lowest BCUT2D eigenvalue weighted by Gasteiger charge is -2.29. The summed E-state index contributed by atoms with van der Waals surface area (Å²) in [5.74, 6) is -0.388. The van der Waals surface area contributed by atoms with Crippen molar-refractivity contribution < 1.29 is 13.9 Å². The number of pyridine rings is 1. The van der Waals surface area contributed by atoms with Crippen LogP contribution in [0.5, 0.6) is 11.5 Å². The zero-order valence-corrected chi connectivity index (χ0v) is 22.5. The summed E-state index contributed by atoms with van der Waals surface area (Å²) in [5, 5.41) is 3.41. The minimum absolute atomic E-state index is 0.0598. The Labute approximate surface area is 226 Å². The zero-order chi connectivity index (χ0) is 27.0. The third-order valence-corrected chi connectivity index (χ3v) is 7.67. The van der Waals surface area contributed by atoms with Crippen molar-refractivity contribution in [2.24, 2.45) is 5.73 Å². The van der Waals surface area contributed by atoms with E-state index in [4.69, 9.17) is 22.1 Å². The predicted octanol–water partition coefficient (Wildman–Crippen LogP) is 4.28. The number of hydrogen-bond acceptors (Lipinski definition) is 6. The number of rotatable bonds is 9. The van der Waals surface area contributed by atoms with Crippen molar-refractivity contribution in [2.45, 2.75) is 39.2 Å². The molecule has 5 rings (SSSR count). The van der Waals surface area contributed by atoms with Crippen LogP contribution >= 0.6 is 11.6 Å². The van der Waals surface area contributed by atoms with Gasteiger partial charge in [-0.1, -0.05) is 25.4 Å². The molecule has 202 valence electrons. The summed E-state index contributed by atoms with van der Waals surface area (Å²) in [6.07, 6.45) is 3.96. The van der Waals surface area contributed by atoms with Crippen molar-refractivity contribution in [3.63, 3.8) is 0 Å². The number of nitrogens with two attached hydrogens (primary N) is 1. The maximum atomic E-state index is 15.6. The van der Waals surface area contributed by atoms with E-state index in [2.05, 4.69) is 24.1 Å². The van der Waals surface area contributed by atoms with Crippen molar-refractivity contribution >= 4 is 34.1 Å². The first-order chi connectivity index (χ1) is 18.3. The monoisotopic (exact) mass is 541 g/mol. The van der Waals surface area contributed by atoms with Gasteiger partial charge in [-0.05, 0) is 63.2 Å². The summed E-state index contributed by atoms with van der Waals surface area (Å²) in [6, 6.07) is 6.21. The highest BCUT2D eigenvalue weighted by molar-refractivity contribution is 6.30. The number of ether oxygens (including phenoxy) is 1. The van der Waals surface area contributed by atoms with Gasteiger partial charge in [-0.2, -0.15) is 0 Å². The number of halogens is 2. The molecule has 0 saturated carbocycles. The van der Waals surface area contributed by atoms with E-state index in [0.717, 1.165) is 38.9 Å². The molecule has 1 amide bonds. The normalized spacial score (nSPS) is 16.2. The van der Waals surface area contributed by atoms with E-state index in [9.17, 15) is 9.59 Å². The number of amides is 1. The molecule has 0 spiro atoms. The second-order valence-electron chi connectivity index (χ2n) is 9.87. The van der Waals surface area contributed by atoms with Gasteiger partial charge in [-0.3, -0.25) is 9.59 Å². The van der Waals surface area contributed by atoms with Gasteiger partial charge in [0.1, 0.15) is 16.8 Å². The lowest BCUT2D eigenvalue weighted by Crippen LogP contribution is -2.32. The first kappa shape index (κ1) is 26.5. The molecule has 1 saturated heterocycles. The molecule has 1 unspecified atom stereocenters. The Morgan fingerprint density at radius 2 is 2.05 bits per heavy atom. The Bertz CT molecular complexity index is 1440. The number of anilines is 1. The molecule has 1 aromatic heterocycles. The number of aromatic nitrogens is 1. The fourth-order valence-electron chi connectivity index (χ4n) is 5.32. The molecule has 3 aromatic rings. The molecule has 1 fully saturated rings. The van der Waals surface area contributed by atoms with Crippen molar-refractivity contribution in [1.82, 2.24) is 14.8 Å². The van der Waals surface area contributed by atoms with E-state index in [-0.39, 0.29) is 28.4 Å². The van der Waals surface area contributed by atoms with Crippen LogP contribution in [0.1, 0.15) is 43.5 Å². The average Bonchev–Trinajstić information content (AvgIpc) is 3.33. The van der Waals surface area contributed by atoms with Gasteiger partial charge < -0.3 is 30.2 Å². The van der Waals surface area contributed by atoms with Crippen LogP contribution in [-0.4, -0.2) is 60.7 Å². The van der Waals surface area contributed by atoms with E-state index in [1.807, 2.05) is 4.90 Å². The second-order valence-corrected chi connectivity index (χ2v) is 10.3. The van der Waals surface area contributed by atoms with Gasteiger partial charge in [-0.15, -0.1) is 0 Å². The van der Waals surface area contributed by atoms with E-state index in [0.29, 0.717) is 41.6 Å². The lowest BCUT2D eigenvalue weighted by molar-refractivity contribution is 0.0951. The van der Waals surface area contributed by atoms with Crippen LogP contribution in [-0.2, 0) is 0 Å². The van der Waals surface area contributed by atoms with Crippen molar-refractivity contribution in [1.29, 1.82) is 0 Å². The molecule has 2 aliphatic heterocycles. The number of fused-ring (bicyclic) bond motifs is 2. The Balaban J connectivity index is 1.54. The van der Waals surface area contributed by atoms with Gasteiger partial charge in [0, 0.05) is 36.9 Å². The largest absolute Gasteiger partial charge is 0.451 e. The number of carbonyl (C=O) groups excluding carboxylic acids is 1. The smallest absolute Gasteiger partial charge is 0.256 e. The number of unbranched alkanes of at least 4 members (excludes halogenated alkanes) is 1. The molecular formula is C28H33ClFN5O3. The van der Waals surface area contributed by atoms with Crippen LogP contribution in [0.4, 0.5) is 10.1 Å². The van der Waals surface area contributed by atoms with Crippen LogP contribution in [0, 0.1) is 5.82 Å². The molecule has 0 radical (unpaired) electrons. The van der Waals surface area contributed by atoms with Gasteiger partial charge in [0.15, 0.2) is 17.3 Å². The molecule has 3 heterocycles. The summed E-state index contributed by atoms with van der Waals surface area (Å²) < 4.78 is 23.5. The second kappa shape index (κ2) is 10.9. The maximum absolute atomic E-state index is 15.6. The van der Waals surface area contributed by atoms with Crippen LogP contribution in [0.2, 0.25) is 5.02 Å². The van der Waals surface area contributed by atoms with Crippen LogP contribution in [0.3, 0.4) is 0 Å². The van der Waals surface area contributed by atoms with Gasteiger partial charge in [0.25, 0.3) is 5.91 Å². The Morgan fingerprint density at radius 3 is 2.76 bits per heavy atom. The molecule has 1 atom stereocenters. The van der Waals surface area contributed by atoms with Crippen molar-refractivity contribution in [3.05, 3.63) is 57.1 Å². The fraction of sp³-hybridized carbons (Fsp3) is 0.429. The van der Waals surface area contributed by atoms with Crippen LogP contribution < -0.4 is 26.1 Å². The first-order valence-electron chi connectivity index (χ1n) is 13.2. The summed E-state index contributed by atoms with van der Waals surface area (Å²) in [4.78, 5) is 30.9. The van der Waals surface area contributed by atoms with E-state index in [1.165, 1.54) is 12.3 Å². The fourth-order valence-corrected chi connectivity index (χ4v) is 5.49. The Hall–Kier alpha value is -3.14. The average molecular weight is 542 g/mol. The van der Waals surface area contributed by atoms with Gasteiger partial charge in [0.05, 0.1) is 11.1 Å². The van der Waals surface area contributed by atoms with Gasteiger partial charge in [0.2, 0.25) is 5.43 Å². The summed E-state index contributed by atoms with van der Waals surface area (Å²) in [7, 11) is 0. The van der Waals surface area contributed by atoms with Crippen molar-refractivity contribution in [2.75, 3.05) is 44.2 Å². The molecule has 2 aliphatic rings. The molecule has 10 heteroatoms. The highest BCUT2D eigenvalue weighted by Gasteiger charge is 2.32. The highest BCUT2D eigenvalue weighted by Crippen LogP contribution is 2.47. The molecule has 2 aromatic carbocycles. The van der Waals surface area contributed by atoms with E-state index >= 15 is 4.39 Å². The summed E-state index contributed by atoms with van der Waals surface area (Å²) in [6.45, 7) is 8.67. The topological polar surface area (TPSA) is 92.8 Å². The number of nitrogens with zero attached hydrogens (tertiary/aromatic N) is 3. The van der Waals surface area contributed by atoms with Crippen molar-refractivity contribution in [3.8, 4) is 17.2 Å². The highest BCUT2D eigenvalue weighted by atomic mass is 35.5. The van der Waals surface area contributed by atoms with Gasteiger partial charge >= 0.3 is 0 Å². The minimum Gasteiger partial charge on any atom is -0.451 e. The van der Waals surface area contributed by atoms with E-state index in [1.54, 1.807) is 22.8 Å².